The van der Waals surface area contributed by atoms with Gasteiger partial charge in [-0.25, -0.2) is 9.37 Å². The summed E-state index contributed by atoms with van der Waals surface area (Å²) < 4.78 is 54.7. The molecule has 0 aliphatic carbocycles. The second-order valence-electron chi connectivity index (χ2n) is 6.94. The molecule has 0 radical (unpaired) electrons. The summed E-state index contributed by atoms with van der Waals surface area (Å²) in [5.41, 5.74) is 8.20. The fourth-order valence-electron chi connectivity index (χ4n) is 3.46. The van der Waals surface area contributed by atoms with Crippen LogP contribution in [0.3, 0.4) is 0 Å². The minimum atomic E-state index is -4.54. The molecule has 0 bridgehead atoms. The van der Waals surface area contributed by atoms with E-state index in [4.69, 9.17) is 17.3 Å². The molecule has 0 amide bonds. The zero-order valence-corrected chi connectivity index (χ0v) is 16.8. The van der Waals surface area contributed by atoms with Gasteiger partial charge in [-0.3, -0.25) is 4.57 Å². The normalized spacial score (nSPS) is 11.6. The second-order valence-corrected chi connectivity index (χ2v) is 7.34. The number of alkyl halides is 3. The molecule has 3 nitrogen and oxygen atoms in total. The van der Waals surface area contributed by atoms with Crippen LogP contribution in [0.5, 0.6) is 0 Å². The number of nitrogen functional groups attached to an aromatic ring is 1. The molecule has 158 valence electrons. The molecule has 3 aromatic carbocycles. The molecule has 31 heavy (non-hydrogen) atoms. The van der Waals surface area contributed by atoms with Crippen molar-refractivity contribution in [3.8, 4) is 16.9 Å². The third-order valence-corrected chi connectivity index (χ3v) is 5.14. The summed E-state index contributed by atoms with van der Waals surface area (Å²) in [7, 11) is 0. The van der Waals surface area contributed by atoms with Gasteiger partial charge in [-0.2, -0.15) is 13.2 Å². The first kappa shape index (κ1) is 20.9. The summed E-state index contributed by atoms with van der Waals surface area (Å²) in [4.78, 5) is 4.47. The number of aromatic nitrogens is 2. The third kappa shape index (κ3) is 4.27. The minimum Gasteiger partial charge on any atom is -0.369 e. The van der Waals surface area contributed by atoms with Crippen molar-refractivity contribution >= 4 is 17.5 Å². The Morgan fingerprint density at radius 2 is 1.68 bits per heavy atom. The molecule has 0 saturated carbocycles. The Kier molecular flexibility index (Phi) is 5.45. The van der Waals surface area contributed by atoms with E-state index >= 15 is 0 Å². The van der Waals surface area contributed by atoms with Gasteiger partial charge in [-0.1, -0.05) is 54.1 Å². The fourth-order valence-corrected chi connectivity index (χ4v) is 3.77. The van der Waals surface area contributed by atoms with Crippen LogP contribution < -0.4 is 5.73 Å². The van der Waals surface area contributed by atoms with Crippen molar-refractivity contribution in [1.29, 1.82) is 0 Å². The van der Waals surface area contributed by atoms with Crippen LogP contribution in [0.15, 0.2) is 72.8 Å². The standard InChI is InChI=1S/C23H16ClF4N3/c24-19-11-14(9-10-18(19)23(26,27)28)12-20-21(15-5-2-1-3-6-15)30-22(29)31(20)17-8-4-7-16(25)13-17/h1-11,13H,12H2,(H2,29,30). The number of hydrogen-bond donors (Lipinski definition) is 1. The summed E-state index contributed by atoms with van der Waals surface area (Å²) in [6.07, 6.45) is -4.36. The number of nitrogens with zero attached hydrogens (tertiary/aromatic N) is 2. The van der Waals surface area contributed by atoms with Gasteiger partial charge in [0.25, 0.3) is 0 Å². The van der Waals surface area contributed by atoms with Gasteiger partial charge in [0.15, 0.2) is 0 Å². The highest BCUT2D eigenvalue weighted by molar-refractivity contribution is 6.31. The highest BCUT2D eigenvalue weighted by atomic mass is 35.5. The van der Waals surface area contributed by atoms with Crippen molar-refractivity contribution in [3.05, 3.63) is 100 Å². The van der Waals surface area contributed by atoms with Crippen molar-refractivity contribution in [2.45, 2.75) is 12.6 Å². The predicted octanol–water partition coefficient (Wildman–Crippen LogP) is 6.52. The van der Waals surface area contributed by atoms with Gasteiger partial charge < -0.3 is 5.73 Å². The third-order valence-electron chi connectivity index (χ3n) is 4.82. The average Bonchev–Trinajstić information content (AvgIpc) is 3.03. The second kappa shape index (κ2) is 8.07. The van der Waals surface area contributed by atoms with Crippen LogP contribution in [-0.2, 0) is 12.6 Å². The van der Waals surface area contributed by atoms with Crippen LogP contribution in [-0.4, -0.2) is 9.55 Å². The van der Waals surface area contributed by atoms with Gasteiger partial charge in [0.2, 0.25) is 5.95 Å². The first-order valence-electron chi connectivity index (χ1n) is 9.28. The Balaban J connectivity index is 1.86. The lowest BCUT2D eigenvalue weighted by molar-refractivity contribution is -0.137. The van der Waals surface area contributed by atoms with Crippen molar-refractivity contribution < 1.29 is 17.6 Å². The van der Waals surface area contributed by atoms with E-state index in [9.17, 15) is 17.6 Å². The summed E-state index contributed by atoms with van der Waals surface area (Å²) in [5, 5.41) is -0.393. The Morgan fingerprint density at radius 1 is 0.935 bits per heavy atom. The van der Waals surface area contributed by atoms with E-state index in [1.165, 1.54) is 24.3 Å². The summed E-state index contributed by atoms with van der Waals surface area (Å²) in [6.45, 7) is 0. The number of benzene rings is 3. The summed E-state index contributed by atoms with van der Waals surface area (Å²) in [5.74, 6) is -0.312. The molecule has 1 aromatic heterocycles. The Labute approximate surface area is 180 Å². The smallest absolute Gasteiger partial charge is 0.369 e. The molecule has 0 saturated heterocycles. The fraction of sp³-hybridized carbons (Fsp3) is 0.0870. The molecule has 8 heteroatoms. The zero-order chi connectivity index (χ0) is 22.2. The number of anilines is 1. The van der Waals surface area contributed by atoms with Crippen LogP contribution in [0.25, 0.3) is 16.9 Å². The topological polar surface area (TPSA) is 43.8 Å². The zero-order valence-electron chi connectivity index (χ0n) is 16.0. The first-order chi connectivity index (χ1) is 14.7. The quantitative estimate of drug-likeness (QED) is 0.363. The lowest BCUT2D eigenvalue weighted by atomic mass is 10.0. The Morgan fingerprint density at radius 3 is 2.32 bits per heavy atom. The summed E-state index contributed by atoms with van der Waals surface area (Å²) >= 11 is 5.90. The Hall–Kier alpha value is -3.32. The molecular formula is C23H16ClF4N3. The van der Waals surface area contributed by atoms with Gasteiger partial charge in [0.1, 0.15) is 5.82 Å². The monoisotopic (exact) mass is 445 g/mol. The van der Waals surface area contributed by atoms with Gasteiger partial charge >= 0.3 is 6.18 Å². The van der Waals surface area contributed by atoms with Crippen LogP contribution in [0.4, 0.5) is 23.5 Å². The van der Waals surface area contributed by atoms with Gasteiger partial charge in [0, 0.05) is 12.0 Å². The van der Waals surface area contributed by atoms with Crippen molar-refractivity contribution in [3.63, 3.8) is 0 Å². The lowest BCUT2D eigenvalue weighted by Crippen LogP contribution is -2.08. The van der Waals surface area contributed by atoms with E-state index in [2.05, 4.69) is 4.98 Å². The molecule has 0 fully saturated rings. The molecule has 1 heterocycles. The van der Waals surface area contributed by atoms with Gasteiger partial charge in [-0.05, 0) is 35.9 Å². The van der Waals surface area contributed by atoms with Crippen LogP contribution >= 0.6 is 11.6 Å². The number of nitrogens with two attached hydrogens (primary N) is 1. The van der Waals surface area contributed by atoms with E-state index in [-0.39, 0.29) is 12.4 Å². The molecule has 2 N–H and O–H groups in total. The molecule has 4 rings (SSSR count). The maximum atomic E-state index is 13.9. The first-order valence-corrected chi connectivity index (χ1v) is 9.66. The lowest BCUT2D eigenvalue weighted by Gasteiger charge is -2.14. The molecule has 0 spiro atoms. The number of hydrogen-bond acceptors (Lipinski definition) is 2. The van der Waals surface area contributed by atoms with Crippen molar-refractivity contribution in [1.82, 2.24) is 9.55 Å². The molecular weight excluding hydrogens is 430 g/mol. The minimum absolute atomic E-state index is 0.137. The van der Waals surface area contributed by atoms with E-state index in [0.717, 1.165) is 11.6 Å². The maximum absolute atomic E-state index is 13.9. The molecule has 0 unspecified atom stereocenters. The molecule has 4 aromatic rings. The molecule has 0 aliphatic heterocycles. The highest BCUT2D eigenvalue weighted by Crippen LogP contribution is 2.36. The summed E-state index contributed by atoms with van der Waals surface area (Å²) in [6, 6.07) is 18.7. The number of imidazole rings is 1. The van der Waals surface area contributed by atoms with Gasteiger partial charge in [-0.15, -0.1) is 0 Å². The predicted molar refractivity (Wildman–Crippen MR) is 113 cm³/mol. The molecule has 0 atom stereocenters. The Bertz CT molecular complexity index is 1230. The highest BCUT2D eigenvalue weighted by Gasteiger charge is 2.33. The van der Waals surface area contributed by atoms with E-state index < -0.39 is 22.6 Å². The van der Waals surface area contributed by atoms with Crippen LogP contribution in [0.2, 0.25) is 5.02 Å². The average molecular weight is 446 g/mol. The number of halogens is 5. The maximum Gasteiger partial charge on any atom is 0.417 e. The van der Waals surface area contributed by atoms with Gasteiger partial charge in [0.05, 0.1) is 27.7 Å². The van der Waals surface area contributed by atoms with E-state index in [1.54, 1.807) is 16.7 Å². The van der Waals surface area contributed by atoms with E-state index in [0.29, 0.717) is 22.6 Å². The van der Waals surface area contributed by atoms with Crippen LogP contribution in [0, 0.1) is 5.82 Å². The SMILES string of the molecule is Nc1nc(-c2ccccc2)c(Cc2ccc(C(F)(F)F)c(Cl)c2)n1-c1cccc(F)c1. The molecule has 0 aliphatic rings. The number of rotatable bonds is 4. The largest absolute Gasteiger partial charge is 0.417 e. The van der Waals surface area contributed by atoms with Crippen molar-refractivity contribution in [2.75, 3.05) is 5.73 Å². The van der Waals surface area contributed by atoms with Crippen LogP contribution in [0.1, 0.15) is 16.8 Å². The van der Waals surface area contributed by atoms with Crippen molar-refractivity contribution in [2.24, 2.45) is 0 Å². The van der Waals surface area contributed by atoms with E-state index in [1.807, 2.05) is 30.3 Å².